The van der Waals surface area contributed by atoms with Gasteiger partial charge in [-0.1, -0.05) is 18.5 Å². The summed E-state index contributed by atoms with van der Waals surface area (Å²) in [6.45, 7) is 6.05. The summed E-state index contributed by atoms with van der Waals surface area (Å²) >= 11 is 5.98. The largest absolute Gasteiger partial charge is 0.394 e. The topological polar surface area (TPSA) is 67.2 Å². The van der Waals surface area contributed by atoms with Crippen LogP contribution in [0, 0.1) is 0 Å². The minimum absolute atomic E-state index is 0.0449. The number of aliphatic hydroxyl groups excluding tert-OH is 1. The van der Waals surface area contributed by atoms with Crippen LogP contribution < -0.4 is 10.9 Å². The predicted octanol–water partition coefficient (Wildman–Crippen LogP) is 1.49. The van der Waals surface area contributed by atoms with E-state index in [4.69, 9.17) is 11.6 Å². The quantitative estimate of drug-likeness (QED) is 0.841. The van der Waals surface area contributed by atoms with Crippen molar-refractivity contribution in [2.24, 2.45) is 0 Å². The minimum Gasteiger partial charge on any atom is -0.394 e. The van der Waals surface area contributed by atoms with Crippen LogP contribution in [0.15, 0.2) is 11.0 Å². The van der Waals surface area contributed by atoms with Gasteiger partial charge in [-0.05, 0) is 20.3 Å². The Morgan fingerprint density at radius 3 is 2.71 bits per heavy atom. The normalized spacial score (nSPS) is 14.4. The lowest BCUT2D eigenvalue weighted by Gasteiger charge is -2.28. The molecular weight excluding hydrogens is 242 g/mol. The van der Waals surface area contributed by atoms with E-state index in [1.807, 2.05) is 20.8 Å². The summed E-state index contributed by atoms with van der Waals surface area (Å²) in [5, 5.41) is 16.4. The first-order valence-electron chi connectivity index (χ1n) is 5.62. The summed E-state index contributed by atoms with van der Waals surface area (Å²) in [6.07, 6.45) is 2.22. The molecular formula is C11H18ClN3O2. The predicted molar refractivity (Wildman–Crippen MR) is 68.6 cm³/mol. The van der Waals surface area contributed by atoms with Gasteiger partial charge in [0.25, 0.3) is 5.56 Å². The second-order valence-corrected chi connectivity index (χ2v) is 4.57. The first-order chi connectivity index (χ1) is 7.97. The molecule has 0 aliphatic carbocycles. The van der Waals surface area contributed by atoms with E-state index in [1.165, 1.54) is 10.9 Å². The highest BCUT2D eigenvalue weighted by molar-refractivity contribution is 6.32. The smallest absolute Gasteiger partial charge is 0.287 e. The molecule has 1 rings (SSSR count). The van der Waals surface area contributed by atoms with Gasteiger partial charge in [-0.15, -0.1) is 0 Å². The maximum Gasteiger partial charge on any atom is 0.287 e. The Balaban J connectivity index is 3.09. The van der Waals surface area contributed by atoms with Gasteiger partial charge in [-0.3, -0.25) is 4.79 Å². The van der Waals surface area contributed by atoms with Crippen molar-refractivity contribution in [2.45, 2.75) is 39.3 Å². The van der Waals surface area contributed by atoms with Gasteiger partial charge in [0.1, 0.15) is 5.02 Å². The average molecular weight is 260 g/mol. The number of halogens is 1. The monoisotopic (exact) mass is 259 g/mol. The molecule has 6 heteroatoms. The summed E-state index contributed by atoms with van der Waals surface area (Å²) in [4.78, 5) is 11.7. The Labute approximate surface area is 105 Å². The van der Waals surface area contributed by atoms with Gasteiger partial charge in [0, 0.05) is 6.54 Å². The van der Waals surface area contributed by atoms with E-state index in [0.29, 0.717) is 18.7 Å². The molecule has 96 valence electrons. The summed E-state index contributed by atoms with van der Waals surface area (Å²) in [5.74, 6) is 0. The van der Waals surface area contributed by atoms with Crippen LogP contribution in [0.1, 0.15) is 27.2 Å². The number of nitrogens with one attached hydrogen (secondary N) is 1. The zero-order valence-corrected chi connectivity index (χ0v) is 11.1. The third-order valence-electron chi connectivity index (χ3n) is 2.85. The second-order valence-electron chi connectivity index (χ2n) is 4.19. The van der Waals surface area contributed by atoms with Crippen molar-refractivity contribution in [1.29, 1.82) is 0 Å². The molecule has 0 amide bonds. The summed E-state index contributed by atoms with van der Waals surface area (Å²) in [7, 11) is 0. The summed E-state index contributed by atoms with van der Waals surface area (Å²) < 4.78 is 1.29. The summed E-state index contributed by atoms with van der Waals surface area (Å²) in [5.41, 5.74) is -0.369. The second kappa shape index (κ2) is 5.51. The number of rotatable bonds is 5. The lowest BCUT2D eigenvalue weighted by Crippen LogP contribution is -2.39. The molecule has 1 unspecified atom stereocenters. The molecule has 0 spiro atoms. The fourth-order valence-corrected chi connectivity index (χ4v) is 1.54. The maximum atomic E-state index is 11.7. The fourth-order valence-electron chi connectivity index (χ4n) is 1.34. The van der Waals surface area contributed by atoms with Crippen molar-refractivity contribution >= 4 is 17.3 Å². The third kappa shape index (κ3) is 2.98. The molecule has 5 nitrogen and oxygen atoms in total. The zero-order valence-electron chi connectivity index (χ0n) is 10.3. The number of anilines is 1. The molecule has 1 heterocycles. The average Bonchev–Trinajstić information content (AvgIpc) is 2.35. The molecule has 2 N–H and O–H groups in total. The number of aryl methyl sites for hydroxylation is 1. The van der Waals surface area contributed by atoms with Crippen LogP contribution in [0.4, 0.5) is 5.69 Å². The van der Waals surface area contributed by atoms with Gasteiger partial charge in [-0.25, -0.2) is 4.68 Å². The van der Waals surface area contributed by atoms with Crippen LogP contribution in [0.5, 0.6) is 0 Å². The number of hydrogen-bond acceptors (Lipinski definition) is 4. The van der Waals surface area contributed by atoms with Crippen molar-refractivity contribution in [3.8, 4) is 0 Å². The van der Waals surface area contributed by atoms with Crippen LogP contribution in [0.25, 0.3) is 0 Å². The van der Waals surface area contributed by atoms with E-state index < -0.39 is 5.54 Å². The standard InChI is InChI=1S/C11H18ClN3O2/c1-4-11(3,7-16)14-8-6-13-15(5-2)10(17)9(8)12/h6,14,16H,4-5,7H2,1-3H3. The highest BCUT2D eigenvalue weighted by Gasteiger charge is 2.22. The van der Waals surface area contributed by atoms with Crippen LogP contribution in [-0.4, -0.2) is 27.0 Å². The zero-order chi connectivity index (χ0) is 13.1. The summed E-state index contributed by atoms with van der Waals surface area (Å²) in [6, 6.07) is 0. The first kappa shape index (κ1) is 14.0. The molecule has 1 aromatic heterocycles. The molecule has 0 bridgehead atoms. The number of nitrogens with zero attached hydrogens (tertiary/aromatic N) is 2. The van der Waals surface area contributed by atoms with Crippen molar-refractivity contribution in [2.75, 3.05) is 11.9 Å². The van der Waals surface area contributed by atoms with E-state index in [1.54, 1.807) is 0 Å². The van der Waals surface area contributed by atoms with Gasteiger partial charge in [0.2, 0.25) is 0 Å². The van der Waals surface area contributed by atoms with E-state index >= 15 is 0 Å². The number of aliphatic hydroxyl groups is 1. The Morgan fingerprint density at radius 2 is 2.24 bits per heavy atom. The highest BCUT2D eigenvalue weighted by Crippen LogP contribution is 2.22. The maximum absolute atomic E-state index is 11.7. The minimum atomic E-state index is -0.504. The van der Waals surface area contributed by atoms with E-state index in [0.717, 1.165) is 0 Å². The highest BCUT2D eigenvalue weighted by atomic mass is 35.5. The van der Waals surface area contributed by atoms with E-state index in [-0.39, 0.29) is 17.2 Å². The Bertz CT molecular complexity index is 441. The molecule has 0 aliphatic rings. The molecule has 0 saturated carbocycles. The van der Waals surface area contributed by atoms with Crippen LogP contribution in [-0.2, 0) is 6.54 Å². The molecule has 1 aromatic rings. The van der Waals surface area contributed by atoms with Crippen molar-refractivity contribution < 1.29 is 5.11 Å². The van der Waals surface area contributed by atoms with Crippen molar-refractivity contribution in [3.05, 3.63) is 21.6 Å². The van der Waals surface area contributed by atoms with Crippen LogP contribution >= 0.6 is 11.6 Å². The van der Waals surface area contributed by atoms with Gasteiger partial charge >= 0.3 is 0 Å². The van der Waals surface area contributed by atoms with Gasteiger partial charge in [0.05, 0.1) is 24.0 Å². The van der Waals surface area contributed by atoms with Crippen LogP contribution in [0.2, 0.25) is 5.02 Å². The lowest BCUT2D eigenvalue weighted by molar-refractivity contribution is 0.219. The Morgan fingerprint density at radius 1 is 1.59 bits per heavy atom. The third-order valence-corrected chi connectivity index (χ3v) is 3.22. The van der Waals surface area contributed by atoms with Crippen molar-refractivity contribution in [1.82, 2.24) is 9.78 Å². The van der Waals surface area contributed by atoms with Crippen molar-refractivity contribution in [3.63, 3.8) is 0 Å². The molecule has 0 aliphatic heterocycles. The van der Waals surface area contributed by atoms with E-state index in [2.05, 4.69) is 10.4 Å². The molecule has 0 aromatic carbocycles. The fraction of sp³-hybridized carbons (Fsp3) is 0.636. The molecule has 1 atom stereocenters. The van der Waals surface area contributed by atoms with Gasteiger partial charge < -0.3 is 10.4 Å². The Kier molecular flexibility index (Phi) is 4.54. The number of hydrogen-bond donors (Lipinski definition) is 2. The van der Waals surface area contributed by atoms with E-state index in [9.17, 15) is 9.90 Å². The molecule has 0 fully saturated rings. The van der Waals surface area contributed by atoms with Gasteiger partial charge in [0.15, 0.2) is 0 Å². The van der Waals surface area contributed by atoms with Crippen LogP contribution in [0.3, 0.4) is 0 Å². The van der Waals surface area contributed by atoms with Gasteiger partial charge in [-0.2, -0.15) is 5.10 Å². The molecule has 0 saturated heterocycles. The molecule has 17 heavy (non-hydrogen) atoms. The lowest BCUT2D eigenvalue weighted by atomic mass is 10.00. The first-order valence-corrected chi connectivity index (χ1v) is 6.00. The molecule has 0 radical (unpaired) electrons. The SMILES string of the molecule is CCn1ncc(NC(C)(CC)CO)c(Cl)c1=O. The number of aromatic nitrogens is 2. The Hall–Kier alpha value is -1.07.